The molecule has 0 spiro atoms. The molecule has 2 amide bonds. The summed E-state index contributed by atoms with van der Waals surface area (Å²) in [7, 11) is 1.62. The first-order chi connectivity index (χ1) is 17.1. The molecule has 182 valence electrons. The molecule has 0 aliphatic carbocycles. The molecule has 1 saturated heterocycles. The van der Waals surface area contributed by atoms with Crippen LogP contribution in [0.5, 0.6) is 5.75 Å². The fraction of sp³-hybridized carbons (Fsp3) is 0.310. The number of nitrogens with zero attached hydrogens (tertiary/aromatic N) is 1. The monoisotopic (exact) mass is 472 g/mol. The summed E-state index contributed by atoms with van der Waals surface area (Å²) in [5, 5.41) is 3.05. The van der Waals surface area contributed by atoms with Crippen molar-refractivity contribution in [1.29, 1.82) is 0 Å². The molecule has 1 aliphatic heterocycles. The van der Waals surface area contributed by atoms with Gasteiger partial charge in [-0.2, -0.15) is 0 Å². The molecular weight excluding hydrogens is 440 g/mol. The van der Waals surface area contributed by atoms with E-state index in [0.29, 0.717) is 13.1 Å². The van der Waals surface area contributed by atoms with Crippen LogP contribution in [0.3, 0.4) is 0 Å². The van der Waals surface area contributed by atoms with Crippen LogP contribution in [0.1, 0.15) is 35.6 Å². The number of benzene rings is 3. The van der Waals surface area contributed by atoms with Gasteiger partial charge < -0.3 is 19.7 Å². The lowest BCUT2D eigenvalue weighted by Gasteiger charge is -2.32. The number of hydrogen-bond acceptors (Lipinski definition) is 4. The maximum absolute atomic E-state index is 13.7. The zero-order chi connectivity index (χ0) is 24.5. The zero-order valence-corrected chi connectivity index (χ0v) is 20.1. The van der Waals surface area contributed by atoms with Crippen molar-refractivity contribution in [2.24, 2.45) is 0 Å². The summed E-state index contributed by atoms with van der Waals surface area (Å²) in [6.45, 7) is 1.45. The van der Waals surface area contributed by atoms with Crippen LogP contribution < -0.4 is 10.1 Å². The summed E-state index contributed by atoms with van der Waals surface area (Å²) in [4.78, 5) is 29.0. The minimum absolute atomic E-state index is 0.0189. The van der Waals surface area contributed by atoms with Gasteiger partial charge in [-0.05, 0) is 41.7 Å². The van der Waals surface area contributed by atoms with E-state index in [1.807, 2.05) is 84.9 Å². The van der Waals surface area contributed by atoms with E-state index in [1.165, 1.54) is 0 Å². The first-order valence-corrected chi connectivity index (χ1v) is 12.0. The second kappa shape index (κ2) is 12.2. The quantitative estimate of drug-likeness (QED) is 0.478. The van der Waals surface area contributed by atoms with E-state index in [2.05, 4.69) is 5.32 Å². The lowest BCUT2D eigenvalue weighted by molar-refractivity contribution is -0.141. The Morgan fingerprint density at radius 2 is 1.66 bits per heavy atom. The van der Waals surface area contributed by atoms with E-state index in [1.54, 1.807) is 12.0 Å². The largest absolute Gasteiger partial charge is 0.497 e. The maximum atomic E-state index is 13.7. The van der Waals surface area contributed by atoms with Crippen LogP contribution in [-0.2, 0) is 27.3 Å². The van der Waals surface area contributed by atoms with E-state index in [0.717, 1.165) is 41.9 Å². The van der Waals surface area contributed by atoms with Gasteiger partial charge in [0.2, 0.25) is 11.8 Å². The molecule has 0 unspecified atom stereocenters. The molecule has 3 aromatic carbocycles. The summed E-state index contributed by atoms with van der Waals surface area (Å²) in [5.41, 5.74) is 2.59. The molecule has 1 heterocycles. The number of rotatable bonds is 10. The Bertz CT molecular complexity index is 1080. The molecule has 4 rings (SSSR count). The summed E-state index contributed by atoms with van der Waals surface area (Å²) >= 11 is 0. The molecular formula is C29H32N2O4. The van der Waals surface area contributed by atoms with Gasteiger partial charge in [0.1, 0.15) is 11.8 Å². The highest BCUT2D eigenvalue weighted by molar-refractivity contribution is 5.89. The number of hydrogen-bond donors (Lipinski definition) is 1. The Labute approximate surface area is 206 Å². The first kappa shape index (κ1) is 24.5. The van der Waals surface area contributed by atoms with E-state index in [9.17, 15) is 9.59 Å². The lowest BCUT2D eigenvalue weighted by atomic mass is 10.0. The third kappa shape index (κ3) is 6.70. The van der Waals surface area contributed by atoms with Gasteiger partial charge in [0, 0.05) is 19.7 Å². The van der Waals surface area contributed by atoms with Crippen molar-refractivity contribution < 1.29 is 19.1 Å². The van der Waals surface area contributed by atoms with Gasteiger partial charge >= 0.3 is 0 Å². The number of nitrogens with one attached hydrogen (secondary N) is 1. The standard InChI is InChI=1S/C29H32N2O4/c1-34-25-16-14-23(15-17-25)21-31(27(32)19-22-9-4-2-5-10-22)28(24-11-6-3-7-12-24)29(33)30-20-26-13-8-18-35-26/h2-7,9-12,14-17,26,28H,8,13,18-21H2,1H3,(H,30,33)/t26-,28-/m0/s1. The molecule has 35 heavy (non-hydrogen) atoms. The van der Waals surface area contributed by atoms with Gasteiger partial charge in [-0.1, -0.05) is 72.8 Å². The van der Waals surface area contributed by atoms with Crippen LogP contribution >= 0.6 is 0 Å². The van der Waals surface area contributed by atoms with Gasteiger partial charge in [0.25, 0.3) is 0 Å². The van der Waals surface area contributed by atoms with Crippen LogP contribution in [0.25, 0.3) is 0 Å². The summed E-state index contributed by atoms with van der Waals surface area (Å²) < 4.78 is 11.0. The van der Waals surface area contributed by atoms with E-state index in [-0.39, 0.29) is 24.3 Å². The molecule has 6 heteroatoms. The Morgan fingerprint density at radius 3 is 2.29 bits per heavy atom. The van der Waals surface area contributed by atoms with Crippen LogP contribution in [0.4, 0.5) is 0 Å². The minimum Gasteiger partial charge on any atom is -0.497 e. The number of amides is 2. The Kier molecular flexibility index (Phi) is 8.52. The fourth-order valence-electron chi connectivity index (χ4n) is 4.35. The molecule has 0 aromatic heterocycles. The Balaban J connectivity index is 1.64. The first-order valence-electron chi connectivity index (χ1n) is 12.0. The predicted molar refractivity (Wildman–Crippen MR) is 135 cm³/mol. The minimum atomic E-state index is -0.768. The SMILES string of the molecule is COc1ccc(CN(C(=O)Cc2ccccc2)[C@H](C(=O)NC[C@@H]2CCCO2)c2ccccc2)cc1. The Hall–Kier alpha value is -3.64. The van der Waals surface area contributed by atoms with E-state index >= 15 is 0 Å². The number of carbonyl (C=O) groups excluding carboxylic acids is 2. The number of carbonyl (C=O) groups is 2. The summed E-state index contributed by atoms with van der Waals surface area (Å²) in [5.74, 6) is 0.416. The van der Waals surface area contributed by atoms with Crippen molar-refractivity contribution in [2.45, 2.75) is 38.0 Å². The number of ether oxygens (including phenoxy) is 2. The topological polar surface area (TPSA) is 67.9 Å². The molecule has 6 nitrogen and oxygen atoms in total. The van der Waals surface area contributed by atoms with Gasteiger partial charge in [-0.15, -0.1) is 0 Å². The van der Waals surface area contributed by atoms with Crippen molar-refractivity contribution in [3.63, 3.8) is 0 Å². The van der Waals surface area contributed by atoms with Gasteiger partial charge in [0.05, 0.1) is 19.6 Å². The fourth-order valence-corrected chi connectivity index (χ4v) is 4.35. The molecule has 0 bridgehead atoms. The summed E-state index contributed by atoms with van der Waals surface area (Å²) in [6.07, 6.45) is 2.16. The van der Waals surface area contributed by atoms with Crippen LogP contribution in [-0.4, -0.2) is 43.1 Å². The molecule has 1 fully saturated rings. The van der Waals surface area contributed by atoms with Crippen LogP contribution in [0, 0.1) is 0 Å². The molecule has 0 saturated carbocycles. The highest BCUT2D eigenvalue weighted by Gasteiger charge is 2.32. The van der Waals surface area contributed by atoms with Crippen molar-refractivity contribution in [3.05, 3.63) is 102 Å². The van der Waals surface area contributed by atoms with E-state index in [4.69, 9.17) is 9.47 Å². The van der Waals surface area contributed by atoms with Crippen molar-refractivity contribution in [2.75, 3.05) is 20.3 Å². The van der Waals surface area contributed by atoms with Gasteiger partial charge in [-0.25, -0.2) is 0 Å². The molecule has 3 aromatic rings. The summed E-state index contributed by atoms with van der Waals surface area (Å²) in [6, 6.07) is 25.9. The zero-order valence-electron chi connectivity index (χ0n) is 20.1. The molecule has 1 aliphatic rings. The van der Waals surface area contributed by atoms with Crippen molar-refractivity contribution >= 4 is 11.8 Å². The lowest BCUT2D eigenvalue weighted by Crippen LogP contribution is -2.45. The second-order valence-electron chi connectivity index (χ2n) is 8.73. The highest BCUT2D eigenvalue weighted by atomic mass is 16.5. The van der Waals surface area contributed by atoms with Gasteiger partial charge in [-0.3, -0.25) is 9.59 Å². The van der Waals surface area contributed by atoms with Crippen molar-refractivity contribution in [3.8, 4) is 5.75 Å². The predicted octanol–water partition coefficient (Wildman–Crippen LogP) is 4.30. The Morgan fingerprint density at radius 1 is 0.971 bits per heavy atom. The van der Waals surface area contributed by atoms with Crippen LogP contribution in [0.15, 0.2) is 84.9 Å². The van der Waals surface area contributed by atoms with Crippen LogP contribution in [0.2, 0.25) is 0 Å². The number of methoxy groups -OCH3 is 1. The van der Waals surface area contributed by atoms with Crippen molar-refractivity contribution in [1.82, 2.24) is 10.2 Å². The average Bonchev–Trinajstić information content (AvgIpc) is 3.42. The highest BCUT2D eigenvalue weighted by Crippen LogP contribution is 2.26. The smallest absolute Gasteiger partial charge is 0.247 e. The molecule has 2 atom stereocenters. The van der Waals surface area contributed by atoms with Gasteiger partial charge in [0.15, 0.2) is 0 Å². The average molecular weight is 473 g/mol. The van der Waals surface area contributed by atoms with E-state index < -0.39 is 6.04 Å². The maximum Gasteiger partial charge on any atom is 0.247 e. The third-order valence-corrected chi connectivity index (χ3v) is 6.23. The molecule has 0 radical (unpaired) electrons. The normalized spacial score (nSPS) is 15.9. The molecule has 1 N–H and O–H groups in total. The second-order valence-corrected chi connectivity index (χ2v) is 8.73. The third-order valence-electron chi connectivity index (χ3n) is 6.23.